The first-order valence-corrected chi connectivity index (χ1v) is 25.8. The molecule has 0 fully saturated rings. The number of aromatic nitrogens is 1. The molecule has 13 rings (SSSR count). The number of hydrogen-bond donors (Lipinski definition) is 0. The highest BCUT2D eigenvalue weighted by molar-refractivity contribution is 6.14. The van der Waals surface area contributed by atoms with Crippen LogP contribution in [0.15, 0.2) is 218 Å². The van der Waals surface area contributed by atoms with Gasteiger partial charge in [0.05, 0.1) is 0 Å². The summed E-state index contributed by atoms with van der Waals surface area (Å²) in [6, 6.07) is 83.1. The maximum absolute atomic E-state index is 2.61. The van der Waals surface area contributed by atoms with E-state index in [-0.39, 0.29) is 11.3 Å². The van der Waals surface area contributed by atoms with Crippen LogP contribution in [0, 0.1) is 0 Å². The second-order valence-electron chi connectivity index (χ2n) is 20.1. The summed E-state index contributed by atoms with van der Waals surface area (Å²) < 4.78 is 2.34. The van der Waals surface area contributed by atoms with Crippen LogP contribution in [0.4, 0.5) is 0 Å². The van der Waals surface area contributed by atoms with Crippen LogP contribution in [0.5, 0.6) is 0 Å². The minimum atomic E-state index is -0.131. The average Bonchev–Trinajstić information content (AvgIpc) is 3.89. The molecule has 0 spiro atoms. The van der Waals surface area contributed by atoms with Gasteiger partial charge in [0.2, 0.25) is 0 Å². The third-order valence-corrected chi connectivity index (χ3v) is 16.6. The van der Waals surface area contributed by atoms with E-state index >= 15 is 0 Å². The van der Waals surface area contributed by atoms with Gasteiger partial charge in [0, 0.05) is 40.2 Å². The van der Waals surface area contributed by atoms with Crippen LogP contribution >= 0.6 is 0 Å². The van der Waals surface area contributed by atoms with Gasteiger partial charge < -0.3 is 4.57 Å². The fourth-order valence-electron chi connectivity index (χ4n) is 12.9. The Labute approximate surface area is 417 Å². The van der Waals surface area contributed by atoms with E-state index in [0.717, 1.165) is 25.7 Å². The molecule has 0 amide bonds. The quantitative estimate of drug-likeness (QED) is 0.121. The van der Waals surface area contributed by atoms with Gasteiger partial charge >= 0.3 is 0 Å². The zero-order chi connectivity index (χ0) is 47.8. The van der Waals surface area contributed by atoms with Gasteiger partial charge in [-0.25, -0.2) is 0 Å². The lowest BCUT2D eigenvalue weighted by Gasteiger charge is -2.31. The predicted molar refractivity (Wildman–Crippen MR) is 304 cm³/mol. The summed E-state index contributed by atoms with van der Waals surface area (Å²) in [4.78, 5) is 0. The minimum absolute atomic E-state index is 0.131. The molecule has 1 aliphatic rings. The summed E-state index contributed by atoms with van der Waals surface area (Å²) in [5.41, 5.74) is 21.2. The minimum Gasteiger partial charge on any atom is -0.344 e. The molecule has 0 saturated carbocycles. The molecular formula is C70H57N. The van der Waals surface area contributed by atoms with Gasteiger partial charge in [0.15, 0.2) is 0 Å². The van der Waals surface area contributed by atoms with Crippen LogP contribution in [0.2, 0.25) is 0 Å². The van der Waals surface area contributed by atoms with Gasteiger partial charge in [0.1, 0.15) is 0 Å². The first-order valence-electron chi connectivity index (χ1n) is 25.8. The molecule has 1 atom stereocenters. The standard InChI is InChI=1S/C70H57N/c1-5-46-39-52-30-31-54(42-61(52)63-41-50(32-35-55(46)63)48-21-12-9-13-22-48)62-44-66-69(58-27-15-14-25-56(58)62)59-34-29-45(38-65(59)70(66,6-2)7-3)37-60(51-24-18-23-49(40-51)47-19-10-8-11-20-47)53-33-36-68-64(43-53)57-26-16-17-28-67(57)71(68)4/h8-36,38-44,60H,5-7,37H2,1-4H3. The smallest absolute Gasteiger partial charge is 0.0488 e. The van der Waals surface area contributed by atoms with Crippen molar-refractivity contribution in [3.63, 3.8) is 0 Å². The maximum atomic E-state index is 2.61. The predicted octanol–water partition coefficient (Wildman–Crippen LogP) is 18.8. The van der Waals surface area contributed by atoms with Gasteiger partial charge in [-0.15, -0.1) is 0 Å². The first-order chi connectivity index (χ1) is 34.9. The normalized spacial score (nSPS) is 13.4. The second kappa shape index (κ2) is 17.1. The van der Waals surface area contributed by atoms with Crippen molar-refractivity contribution < 1.29 is 0 Å². The van der Waals surface area contributed by atoms with Crippen molar-refractivity contribution in [2.24, 2.45) is 7.05 Å². The van der Waals surface area contributed by atoms with Gasteiger partial charge in [-0.05, 0) is 172 Å². The number of nitrogens with zero attached hydrogens (tertiary/aromatic N) is 1. The molecule has 0 aliphatic heterocycles. The molecule has 1 heteroatoms. The Morgan fingerprint density at radius 1 is 0.394 bits per heavy atom. The Morgan fingerprint density at radius 3 is 1.80 bits per heavy atom. The molecule has 1 aromatic heterocycles. The summed E-state index contributed by atoms with van der Waals surface area (Å²) in [6.07, 6.45) is 3.94. The van der Waals surface area contributed by atoms with Gasteiger partial charge in [0.25, 0.3) is 0 Å². The summed E-state index contributed by atoms with van der Waals surface area (Å²) in [5, 5.41) is 10.6. The van der Waals surface area contributed by atoms with Crippen molar-refractivity contribution in [3.05, 3.63) is 252 Å². The van der Waals surface area contributed by atoms with Crippen molar-refractivity contribution >= 4 is 54.1 Å². The summed E-state index contributed by atoms with van der Waals surface area (Å²) in [7, 11) is 2.19. The molecule has 71 heavy (non-hydrogen) atoms. The number of aryl methyl sites for hydroxylation is 2. The van der Waals surface area contributed by atoms with E-state index in [1.165, 1.54) is 132 Å². The Morgan fingerprint density at radius 2 is 1.04 bits per heavy atom. The van der Waals surface area contributed by atoms with E-state index in [4.69, 9.17) is 0 Å². The molecule has 1 nitrogen and oxygen atoms in total. The first kappa shape index (κ1) is 43.1. The van der Waals surface area contributed by atoms with Crippen molar-refractivity contribution in [1.29, 1.82) is 0 Å². The summed E-state index contributed by atoms with van der Waals surface area (Å²) in [6.45, 7) is 7.11. The molecule has 1 unspecified atom stereocenters. The number of benzene rings is 11. The molecular weight excluding hydrogens is 855 g/mol. The van der Waals surface area contributed by atoms with E-state index in [2.05, 4.69) is 251 Å². The number of fused-ring (bicyclic) bond motifs is 11. The zero-order valence-corrected chi connectivity index (χ0v) is 41.1. The largest absolute Gasteiger partial charge is 0.344 e. The Hall–Kier alpha value is -8.00. The molecule has 1 heterocycles. The van der Waals surface area contributed by atoms with Crippen LogP contribution in [0.1, 0.15) is 72.9 Å². The van der Waals surface area contributed by atoms with Crippen LogP contribution in [0.3, 0.4) is 0 Å². The fraction of sp³-hybridized carbons (Fsp3) is 0.143. The number of rotatable bonds is 10. The SMILES string of the molecule is CCc1cc2ccc(-c3cc4c(c5ccccc35)-c3ccc(CC(c5cccc(-c6ccccc6)c5)c5ccc6c(c5)c5ccccc5n6C)cc3C4(CC)CC)cc2c2cc(-c3ccccc3)ccc12. The second-order valence-corrected chi connectivity index (χ2v) is 20.1. The highest BCUT2D eigenvalue weighted by atomic mass is 14.9. The summed E-state index contributed by atoms with van der Waals surface area (Å²) in [5.74, 6) is 0.148. The lowest BCUT2D eigenvalue weighted by molar-refractivity contribution is 0.490. The van der Waals surface area contributed by atoms with Crippen molar-refractivity contribution in [2.75, 3.05) is 0 Å². The third kappa shape index (κ3) is 6.89. The molecule has 11 aromatic carbocycles. The van der Waals surface area contributed by atoms with Crippen molar-refractivity contribution in [3.8, 4) is 44.5 Å². The van der Waals surface area contributed by atoms with E-state index in [1.54, 1.807) is 0 Å². The van der Waals surface area contributed by atoms with Gasteiger partial charge in [-0.3, -0.25) is 0 Å². The molecule has 1 aliphatic carbocycles. The molecule has 0 N–H and O–H groups in total. The monoisotopic (exact) mass is 911 g/mol. The molecule has 0 bridgehead atoms. The Balaban J connectivity index is 0.956. The summed E-state index contributed by atoms with van der Waals surface area (Å²) >= 11 is 0. The topological polar surface area (TPSA) is 4.93 Å². The maximum Gasteiger partial charge on any atom is 0.0488 e. The van der Waals surface area contributed by atoms with Gasteiger partial charge in [-0.1, -0.05) is 203 Å². The van der Waals surface area contributed by atoms with Crippen molar-refractivity contribution in [1.82, 2.24) is 4.57 Å². The van der Waals surface area contributed by atoms with Gasteiger partial charge in [-0.2, -0.15) is 0 Å². The molecule has 12 aromatic rings. The van der Waals surface area contributed by atoms with E-state index < -0.39 is 0 Å². The Kier molecular flexibility index (Phi) is 10.4. The van der Waals surface area contributed by atoms with Crippen LogP contribution in [-0.4, -0.2) is 4.57 Å². The van der Waals surface area contributed by atoms with Crippen LogP contribution in [0.25, 0.3) is 98.6 Å². The number of para-hydroxylation sites is 1. The highest BCUT2D eigenvalue weighted by Gasteiger charge is 2.42. The molecule has 342 valence electrons. The molecule has 0 radical (unpaired) electrons. The average molecular weight is 912 g/mol. The third-order valence-electron chi connectivity index (χ3n) is 16.6. The lowest BCUT2D eigenvalue weighted by Crippen LogP contribution is -2.23. The highest BCUT2D eigenvalue weighted by Crippen LogP contribution is 2.57. The zero-order valence-electron chi connectivity index (χ0n) is 41.1. The lowest BCUT2D eigenvalue weighted by atomic mass is 9.72. The van der Waals surface area contributed by atoms with Crippen molar-refractivity contribution in [2.45, 2.75) is 57.8 Å². The van der Waals surface area contributed by atoms with E-state index in [1.807, 2.05) is 0 Å². The van der Waals surface area contributed by atoms with E-state index in [0.29, 0.717) is 0 Å². The van der Waals surface area contributed by atoms with Crippen LogP contribution < -0.4 is 0 Å². The Bertz CT molecular complexity index is 4030. The number of hydrogen-bond acceptors (Lipinski definition) is 0. The van der Waals surface area contributed by atoms with Crippen LogP contribution in [-0.2, 0) is 25.3 Å². The van der Waals surface area contributed by atoms with E-state index in [9.17, 15) is 0 Å². The fourth-order valence-corrected chi connectivity index (χ4v) is 12.9. The molecule has 0 saturated heterocycles.